The number of hydrogen-bond acceptors (Lipinski definition) is 3. The van der Waals surface area contributed by atoms with Crippen LogP contribution in [0, 0.1) is 0 Å². The van der Waals surface area contributed by atoms with E-state index in [0.717, 1.165) is 24.3 Å². The Hall–Kier alpha value is -1.88. The number of nitrogens with one attached hydrogen (secondary N) is 2. The lowest BCUT2D eigenvalue weighted by Crippen LogP contribution is -2.38. The third-order valence-corrected chi connectivity index (χ3v) is 3.60. The van der Waals surface area contributed by atoms with Crippen molar-refractivity contribution >= 4 is 29.3 Å². The van der Waals surface area contributed by atoms with Crippen LogP contribution < -0.4 is 15.4 Å². The van der Waals surface area contributed by atoms with Crippen LogP contribution in [0.1, 0.15) is 44.6 Å². The summed E-state index contributed by atoms with van der Waals surface area (Å²) in [4.78, 5) is 11.8. The molecule has 1 rings (SSSR count). The van der Waals surface area contributed by atoms with Gasteiger partial charge in [0, 0.05) is 18.2 Å². The number of carbonyl (C=O) groups excluding carboxylic acids is 1. The van der Waals surface area contributed by atoms with E-state index >= 15 is 0 Å². The van der Waals surface area contributed by atoms with Gasteiger partial charge >= 0.3 is 0 Å². The molecule has 1 aromatic carbocycles. The van der Waals surface area contributed by atoms with Crippen LogP contribution in [0.4, 0.5) is 0 Å². The third kappa shape index (κ3) is 8.35. The van der Waals surface area contributed by atoms with Crippen LogP contribution >= 0.6 is 12.2 Å². The SMILES string of the molecule is CCCCCCCNC(=S)NC(=O)C=Cc1ccccc1OC. The van der Waals surface area contributed by atoms with E-state index in [1.54, 1.807) is 13.2 Å². The summed E-state index contributed by atoms with van der Waals surface area (Å²) in [5, 5.41) is 6.07. The fraction of sp³-hybridized carbons (Fsp3) is 0.444. The van der Waals surface area contributed by atoms with Gasteiger partial charge < -0.3 is 10.1 Å². The van der Waals surface area contributed by atoms with E-state index in [2.05, 4.69) is 17.6 Å². The lowest BCUT2D eigenvalue weighted by Gasteiger charge is -2.08. The summed E-state index contributed by atoms with van der Waals surface area (Å²) in [6, 6.07) is 7.51. The molecule has 0 spiro atoms. The van der Waals surface area contributed by atoms with Gasteiger partial charge in [-0.25, -0.2) is 0 Å². The van der Waals surface area contributed by atoms with Gasteiger partial charge in [0.05, 0.1) is 7.11 Å². The summed E-state index contributed by atoms with van der Waals surface area (Å²) in [6.45, 7) is 2.99. The number of amides is 1. The molecule has 5 heteroatoms. The Bertz CT molecular complexity index is 530. The van der Waals surface area contributed by atoms with Crippen LogP contribution in [-0.2, 0) is 4.79 Å². The lowest BCUT2D eigenvalue weighted by molar-refractivity contribution is -0.115. The molecule has 0 saturated carbocycles. The molecule has 0 aliphatic rings. The number of unbranched alkanes of at least 4 members (excludes halogenated alkanes) is 4. The highest BCUT2D eigenvalue weighted by Gasteiger charge is 2.02. The minimum absolute atomic E-state index is 0.251. The molecular weight excluding hydrogens is 308 g/mol. The van der Waals surface area contributed by atoms with E-state index in [0.29, 0.717) is 5.11 Å². The van der Waals surface area contributed by atoms with Gasteiger partial charge in [0.15, 0.2) is 5.11 Å². The van der Waals surface area contributed by atoms with Crippen molar-refractivity contribution in [3.63, 3.8) is 0 Å². The average molecular weight is 334 g/mol. The van der Waals surface area contributed by atoms with E-state index in [-0.39, 0.29) is 5.91 Å². The molecule has 0 aromatic heterocycles. The Morgan fingerprint density at radius 2 is 1.96 bits per heavy atom. The smallest absolute Gasteiger partial charge is 0.250 e. The Balaban J connectivity index is 2.30. The van der Waals surface area contributed by atoms with Crippen molar-refractivity contribution in [3.05, 3.63) is 35.9 Å². The van der Waals surface area contributed by atoms with E-state index in [1.165, 1.54) is 31.8 Å². The molecule has 2 N–H and O–H groups in total. The molecule has 0 heterocycles. The second-order valence-corrected chi connectivity index (χ2v) is 5.64. The van der Waals surface area contributed by atoms with E-state index in [9.17, 15) is 4.79 Å². The number of rotatable bonds is 9. The Morgan fingerprint density at radius 1 is 1.22 bits per heavy atom. The average Bonchev–Trinajstić information content (AvgIpc) is 2.56. The highest BCUT2D eigenvalue weighted by Crippen LogP contribution is 2.18. The first-order chi connectivity index (χ1) is 11.2. The van der Waals surface area contributed by atoms with Crippen molar-refractivity contribution in [1.29, 1.82) is 0 Å². The first-order valence-corrected chi connectivity index (χ1v) is 8.48. The molecule has 0 saturated heterocycles. The third-order valence-electron chi connectivity index (χ3n) is 3.36. The van der Waals surface area contributed by atoms with Crippen molar-refractivity contribution in [2.75, 3.05) is 13.7 Å². The second kappa shape index (κ2) is 11.7. The van der Waals surface area contributed by atoms with Crippen molar-refractivity contribution < 1.29 is 9.53 Å². The van der Waals surface area contributed by atoms with Gasteiger partial charge in [-0.05, 0) is 30.8 Å². The quantitative estimate of drug-likeness (QED) is 0.411. The monoisotopic (exact) mass is 334 g/mol. The zero-order chi connectivity index (χ0) is 16.9. The summed E-state index contributed by atoms with van der Waals surface area (Å²) < 4.78 is 5.23. The Labute approximate surface area is 144 Å². The van der Waals surface area contributed by atoms with Crippen molar-refractivity contribution in [1.82, 2.24) is 10.6 Å². The number of carbonyl (C=O) groups is 1. The molecule has 23 heavy (non-hydrogen) atoms. The van der Waals surface area contributed by atoms with Crippen LogP contribution in [0.3, 0.4) is 0 Å². The van der Waals surface area contributed by atoms with Crippen molar-refractivity contribution in [2.24, 2.45) is 0 Å². The van der Waals surface area contributed by atoms with Crippen LogP contribution in [-0.4, -0.2) is 24.7 Å². The van der Waals surface area contributed by atoms with Gasteiger partial charge in [-0.3, -0.25) is 10.1 Å². The summed E-state index contributed by atoms with van der Waals surface area (Å²) in [5.41, 5.74) is 0.847. The molecule has 0 radical (unpaired) electrons. The number of hydrogen-bond donors (Lipinski definition) is 2. The molecule has 0 aliphatic heterocycles. The van der Waals surface area contributed by atoms with Crippen LogP contribution in [0.25, 0.3) is 6.08 Å². The minimum Gasteiger partial charge on any atom is -0.496 e. The number of methoxy groups -OCH3 is 1. The second-order valence-electron chi connectivity index (χ2n) is 5.23. The fourth-order valence-corrected chi connectivity index (χ4v) is 2.30. The number of benzene rings is 1. The van der Waals surface area contributed by atoms with E-state index < -0.39 is 0 Å². The van der Waals surface area contributed by atoms with Gasteiger partial charge in [-0.2, -0.15) is 0 Å². The number of thiocarbonyl (C=S) groups is 1. The maximum atomic E-state index is 11.8. The normalized spacial score (nSPS) is 10.5. The molecule has 1 aromatic rings. The molecular formula is C18H26N2O2S. The number of para-hydroxylation sites is 1. The van der Waals surface area contributed by atoms with Gasteiger partial charge in [-0.15, -0.1) is 0 Å². The molecule has 0 unspecified atom stereocenters. The van der Waals surface area contributed by atoms with Crippen LogP contribution in [0.2, 0.25) is 0 Å². The van der Waals surface area contributed by atoms with E-state index in [4.69, 9.17) is 17.0 Å². The Kier molecular flexibility index (Phi) is 9.71. The summed E-state index contributed by atoms with van der Waals surface area (Å²) in [6.07, 6.45) is 9.17. The minimum atomic E-state index is -0.251. The maximum absolute atomic E-state index is 11.8. The number of ether oxygens (including phenoxy) is 1. The maximum Gasteiger partial charge on any atom is 0.250 e. The summed E-state index contributed by atoms with van der Waals surface area (Å²) in [5.74, 6) is 0.476. The molecule has 4 nitrogen and oxygen atoms in total. The molecule has 0 aliphatic carbocycles. The van der Waals surface area contributed by atoms with Crippen LogP contribution in [0.15, 0.2) is 30.3 Å². The molecule has 0 fully saturated rings. The van der Waals surface area contributed by atoms with Gasteiger partial charge in [0.1, 0.15) is 5.75 Å². The first-order valence-electron chi connectivity index (χ1n) is 8.07. The van der Waals surface area contributed by atoms with Crippen molar-refractivity contribution in [2.45, 2.75) is 39.0 Å². The Morgan fingerprint density at radius 3 is 2.70 bits per heavy atom. The standard InChI is InChI=1S/C18H26N2O2S/c1-3-4-5-6-9-14-19-18(23)20-17(21)13-12-15-10-7-8-11-16(15)22-2/h7-8,10-13H,3-6,9,14H2,1-2H3,(H2,19,20,21,23). The van der Waals surface area contributed by atoms with Crippen molar-refractivity contribution in [3.8, 4) is 5.75 Å². The largest absolute Gasteiger partial charge is 0.496 e. The molecule has 126 valence electrons. The highest BCUT2D eigenvalue weighted by molar-refractivity contribution is 7.80. The zero-order valence-electron chi connectivity index (χ0n) is 13.9. The summed E-state index contributed by atoms with van der Waals surface area (Å²) >= 11 is 5.11. The summed E-state index contributed by atoms with van der Waals surface area (Å²) in [7, 11) is 1.60. The molecule has 0 atom stereocenters. The van der Waals surface area contributed by atoms with Gasteiger partial charge in [-0.1, -0.05) is 50.8 Å². The predicted octanol–water partition coefficient (Wildman–Crippen LogP) is 3.67. The molecule has 0 bridgehead atoms. The first kappa shape index (κ1) is 19.2. The fourth-order valence-electron chi connectivity index (χ4n) is 2.10. The van der Waals surface area contributed by atoms with Crippen LogP contribution in [0.5, 0.6) is 5.75 Å². The van der Waals surface area contributed by atoms with Gasteiger partial charge in [0.25, 0.3) is 0 Å². The topological polar surface area (TPSA) is 50.4 Å². The molecule has 1 amide bonds. The van der Waals surface area contributed by atoms with Gasteiger partial charge in [0.2, 0.25) is 5.91 Å². The zero-order valence-corrected chi connectivity index (χ0v) is 14.7. The highest BCUT2D eigenvalue weighted by atomic mass is 32.1. The predicted molar refractivity (Wildman–Crippen MR) is 99.5 cm³/mol. The lowest BCUT2D eigenvalue weighted by atomic mass is 10.1. The van der Waals surface area contributed by atoms with E-state index in [1.807, 2.05) is 24.3 Å².